The summed E-state index contributed by atoms with van der Waals surface area (Å²) in [5.41, 5.74) is -0.649. The fraction of sp³-hybridized carbons (Fsp3) is 0.333. The number of carbonyl (C=O) groups excluding carboxylic acids is 1. The van der Waals surface area contributed by atoms with E-state index in [1.807, 2.05) is 6.07 Å². The summed E-state index contributed by atoms with van der Waals surface area (Å²) in [4.78, 5) is 35.0. The van der Waals surface area contributed by atoms with E-state index in [-0.39, 0.29) is 23.7 Å². The number of aliphatic hydroxyl groups excluding tert-OH is 3. The van der Waals surface area contributed by atoms with Gasteiger partial charge in [-0.2, -0.15) is 4.98 Å². The molecule has 1 amide bonds. The van der Waals surface area contributed by atoms with E-state index >= 15 is 0 Å². The van der Waals surface area contributed by atoms with Crippen molar-refractivity contribution in [3.8, 4) is 5.75 Å². The van der Waals surface area contributed by atoms with Gasteiger partial charge < -0.3 is 24.8 Å². The van der Waals surface area contributed by atoms with Gasteiger partial charge in [0.1, 0.15) is 24.1 Å². The second-order valence-corrected chi connectivity index (χ2v) is 6.62. The molecule has 0 unspecified atom stereocenters. The van der Waals surface area contributed by atoms with Crippen LogP contribution in [0.5, 0.6) is 5.75 Å². The second-order valence-electron chi connectivity index (χ2n) is 6.62. The summed E-state index contributed by atoms with van der Waals surface area (Å²) in [6.07, 6.45) is -3.61. The van der Waals surface area contributed by atoms with Gasteiger partial charge in [-0.05, 0) is 12.1 Å². The highest BCUT2D eigenvalue weighted by atomic mass is 16.6. The second kappa shape index (κ2) is 8.20. The smallest absolute Gasteiger partial charge is 0.280 e. The first-order valence-corrected chi connectivity index (χ1v) is 9.05. The van der Waals surface area contributed by atoms with Crippen molar-refractivity contribution in [1.29, 1.82) is 0 Å². The molecule has 4 rings (SSSR count). The maximum Gasteiger partial charge on any atom is 0.280 e. The van der Waals surface area contributed by atoms with Crippen LogP contribution in [0.25, 0.3) is 11.2 Å². The first-order chi connectivity index (χ1) is 14.5. The minimum absolute atomic E-state index is 0.0212. The number of ether oxygens (including phenoxy) is 2. The number of fused-ring (bicyclic) bond motifs is 1. The molecule has 1 aromatic carbocycles. The third-order valence-corrected chi connectivity index (χ3v) is 4.59. The standard InChI is InChI=1S/C18H19N5O7/c24-6-10-13(26)14(27)17(30-10)23-8-19-12-15(23)21-18(22-16(12)28)20-11(25)7-29-9-4-2-1-3-5-9/h1-5,8,10,13-14,17,24,26-27H,6-7H2,(H2,20,21,22,25,28)/t10-,13+,14-,17-/m1/s1. The molecule has 5 N–H and O–H groups in total. The number of imidazole rings is 1. The Bertz CT molecular complexity index is 1100. The van der Waals surface area contributed by atoms with Gasteiger partial charge in [-0.1, -0.05) is 18.2 Å². The van der Waals surface area contributed by atoms with E-state index in [0.29, 0.717) is 5.75 Å². The van der Waals surface area contributed by atoms with Crippen molar-refractivity contribution in [2.45, 2.75) is 24.5 Å². The molecular formula is C18H19N5O7. The van der Waals surface area contributed by atoms with Crippen molar-refractivity contribution in [1.82, 2.24) is 19.5 Å². The van der Waals surface area contributed by atoms with Crippen molar-refractivity contribution in [2.75, 3.05) is 18.5 Å². The van der Waals surface area contributed by atoms with Crippen LogP contribution in [0.3, 0.4) is 0 Å². The summed E-state index contributed by atoms with van der Waals surface area (Å²) in [6.45, 7) is -0.808. The predicted octanol–water partition coefficient (Wildman–Crippen LogP) is -1.25. The minimum atomic E-state index is -1.38. The van der Waals surface area contributed by atoms with E-state index in [2.05, 4.69) is 20.3 Å². The Morgan fingerprint density at radius 1 is 1.27 bits per heavy atom. The van der Waals surface area contributed by atoms with Gasteiger partial charge in [-0.3, -0.25) is 24.5 Å². The highest BCUT2D eigenvalue weighted by Gasteiger charge is 2.44. The number of para-hydroxylation sites is 1. The number of aromatic nitrogens is 4. The van der Waals surface area contributed by atoms with Crippen LogP contribution in [0.1, 0.15) is 6.23 Å². The maximum atomic E-state index is 12.3. The summed E-state index contributed by atoms with van der Waals surface area (Å²) >= 11 is 0. The molecule has 0 saturated carbocycles. The predicted molar refractivity (Wildman–Crippen MR) is 102 cm³/mol. The molecule has 2 aromatic heterocycles. The van der Waals surface area contributed by atoms with Crippen molar-refractivity contribution in [3.05, 3.63) is 47.0 Å². The third kappa shape index (κ3) is 3.76. The van der Waals surface area contributed by atoms with Gasteiger partial charge in [0.15, 0.2) is 24.0 Å². The fourth-order valence-corrected chi connectivity index (χ4v) is 3.12. The SMILES string of the molecule is O=C(COc1ccccc1)Nc1nc2c(ncn2[C@@H]2O[C@H](CO)[C@H](O)[C@H]2O)c(=O)[nH]1. The summed E-state index contributed by atoms with van der Waals surface area (Å²) < 4.78 is 12.0. The van der Waals surface area contributed by atoms with E-state index < -0.39 is 42.6 Å². The average molecular weight is 417 g/mol. The topological polar surface area (TPSA) is 172 Å². The first-order valence-electron chi connectivity index (χ1n) is 9.05. The minimum Gasteiger partial charge on any atom is -0.484 e. The number of anilines is 1. The molecular weight excluding hydrogens is 398 g/mol. The Hall–Kier alpha value is -3.32. The van der Waals surface area contributed by atoms with E-state index in [1.54, 1.807) is 24.3 Å². The normalized spacial score (nSPS) is 23.6. The van der Waals surface area contributed by atoms with Gasteiger partial charge in [-0.15, -0.1) is 0 Å². The Kier molecular flexibility index (Phi) is 5.46. The molecule has 3 heterocycles. The van der Waals surface area contributed by atoms with Crippen molar-refractivity contribution in [2.24, 2.45) is 0 Å². The monoisotopic (exact) mass is 417 g/mol. The van der Waals surface area contributed by atoms with Crippen LogP contribution in [0.15, 0.2) is 41.5 Å². The molecule has 0 aliphatic carbocycles. The van der Waals surface area contributed by atoms with E-state index in [4.69, 9.17) is 9.47 Å². The Morgan fingerprint density at radius 2 is 2.03 bits per heavy atom. The lowest BCUT2D eigenvalue weighted by molar-refractivity contribution is -0.118. The number of aromatic amines is 1. The zero-order chi connectivity index (χ0) is 21.3. The quantitative estimate of drug-likeness (QED) is 0.328. The zero-order valence-electron chi connectivity index (χ0n) is 15.5. The van der Waals surface area contributed by atoms with Crippen LogP contribution < -0.4 is 15.6 Å². The number of hydrogen-bond donors (Lipinski definition) is 5. The number of carbonyl (C=O) groups is 1. The number of nitrogens with zero attached hydrogens (tertiary/aromatic N) is 3. The van der Waals surface area contributed by atoms with Gasteiger partial charge in [0, 0.05) is 0 Å². The number of hydrogen-bond acceptors (Lipinski definition) is 9. The number of aliphatic hydroxyl groups is 3. The maximum absolute atomic E-state index is 12.3. The highest BCUT2D eigenvalue weighted by Crippen LogP contribution is 2.30. The molecule has 12 nitrogen and oxygen atoms in total. The van der Waals surface area contributed by atoms with Crippen LogP contribution in [0.4, 0.5) is 5.95 Å². The lowest BCUT2D eigenvalue weighted by atomic mass is 10.1. The molecule has 1 aliphatic rings. The molecule has 30 heavy (non-hydrogen) atoms. The van der Waals surface area contributed by atoms with E-state index in [9.17, 15) is 24.9 Å². The average Bonchev–Trinajstić information content (AvgIpc) is 3.29. The first kappa shape index (κ1) is 20.0. The van der Waals surface area contributed by atoms with Gasteiger partial charge >= 0.3 is 0 Å². The molecule has 12 heteroatoms. The van der Waals surface area contributed by atoms with Crippen molar-refractivity contribution >= 4 is 23.0 Å². The Morgan fingerprint density at radius 3 is 2.73 bits per heavy atom. The van der Waals surface area contributed by atoms with Crippen LogP contribution in [0.2, 0.25) is 0 Å². The molecule has 0 radical (unpaired) electrons. The number of benzene rings is 1. The number of rotatable bonds is 6. The van der Waals surface area contributed by atoms with Crippen molar-refractivity contribution < 1.29 is 29.6 Å². The number of nitrogens with one attached hydrogen (secondary N) is 2. The molecule has 4 atom stereocenters. The number of amides is 1. The third-order valence-electron chi connectivity index (χ3n) is 4.59. The summed E-state index contributed by atoms with van der Waals surface area (Å²) in [7, 11) is 0. The molecule has 158 valence electrons. The summed E-state index contributed by atoms with van der Waals surface area (Å²) in [6, 6.07) is 8.73. The molecule has 0 bridgehead atoms. The van der Waals surface area contributed by atoms with Gasteiger partial charge in [0.2, 0.25) is 5.95 Å². The van der Waals surface area contributed by atoms with E-state index in [1.165, 1.54) is 10.9 Å². The van der Waals surface area contributed by atoms with Crippen molar-refractivity contribution in [3.63, 3.8) is 0 Å². The zero-order valence-corrected chi connectivity index (χ0v) is 15.5. The highest BCUT2D eigenvalue weighted by molar-refractivity contribution is 5.90. The molecule has 0 spiro atoms. The van der Waals surface area contributed by atoms with Crippen LogP contribution in [-0.2, 0) is 9.53 Å². The summed E-state index contributed by atoms with van der Waals surface area (Å²) in [5, 5.41) is 31.9. The van der Waals surface area contributed by atoms with Crippen LogP contribution in [-0.4, -0.2) is 72.3 Å². The van der Waals surface area contributed by atoms with Crippen LogP contribution >= 0.6 is 0 Å². The molecule has 1 saturated heterocycles. The number of H-pyrrole nitrogens is 1. The fourth-order valence-electron chi connectivity index (χ4n) is 3.12. The van der Waals surface area contributed by atoms with Crippen LogP contribution in [0, 0.1) is 0 Å². The lowest BCUT2D eigenvalue weighted by Crippen LogP contribution is -2.33. The molecule has 1 aliphatic heterocycles. The Balaban J connectivity index is 1.55. The Labute approximate surface area is 168 Å². The van der Waals surface area contributed by atoms with Gasteiger partial charge in [0.25, 0.3) is 11.5 Å². The molecule has 3 aromatic rings. The van der Waals surface area contributed by atoms with E-state index in [0.717, 1.165) is 0 Å². The largest absolute Gasteiger partial charge is 0.484 e. The van der Waals surface area contributed by atoms with Gasteiger partial charge in [0.05, 0.1) is 12.9 Å². The lowest BCUT2D eigenvalue weighted by Gasteiger charge is -2.16. The molecule has 1 fully saturated rings. The van der Waals surface area contributed by atoms with Gasteiger partial charge in [-0.25, -0.2) is 4.98 Å². The summed E-state index contributed by atoms with van der Waals surface area (Å²) in [5.74, 6) is -0.199.